The lowest BCUT2D eigenvalue weighted by atomic mass is 9.95. The number of carbonyl (C=O) groups is 2. The summed E-state index contributed by atoms with van der Waals surface area (Å²) in [7, 11) is 1.34. The van der Waals surface area contributed by atoms with Gasteiger partial charge in [-0.2, -0.15) is 0 Å². The summed E-state index contributed by atoms with van der Waals surface area (Å²) in [6.07, 6.45) is 0.796. The van der Waals surface area contributed by atoms with Crippen molar-refractivity contribution in [1.29, 1.82) is 0 Å². The van der Waals surface area contributed by atoms with Gasteiger partial charge in [0.05, 0.1) is 18.7 Å². The molecule has 1 N–H and O–H groups in total. The number of nitrogens with one attached hydrogen (secondary N) is 1. The molecule has 5 nitrogen and oxygen atoms in total. The fraction of sp³-hybridized carbons (Fsp3) is 0.375. The molecule has 2 amide bonds. The number of hydrogen-bond donors (Lipinski definition) is 1. The van der Waals surface area contributed by atoms with Crippen molar-refractivity contribution in [3.8, 4) is 0 Å². The minimum absolute atomic E-state index is 0.216. The number of ether oxygens (including phenoxy) is 1. The highest BCUT2D eigenvalue weighted by atomic mass is 35.5. The third-order valence-electron chi connectivity index (χ3n) is 3.65. The first-order chi connectivity index (χ1) is 10.5. The molecule has 0 fully saturated rings. The van der Waals surface area contributed by atoms with E-state index in [2.05, 4.69) is 5.32 Å². The Morgan fingerprint density at radius 2 is 2.00 bits per heavy atom. The first kappa shape index (κ1) is 16.4. The normalized spacial score (nSPS) is 18.3. The molecule has 0 radical (unpaired) electrons. The zero-order chi connectivity index (χ0) is 16.3. The predicted octanol–water partition coefficient (Wildman–Crippen LogP) is 3.26. The number of hydrogen-bond acceptors (Lipinski definition) is 3. The standard InChI is InChI=1S/C16H19ClN2O3/c1-4-9-19-10(2)13(15(20)22-3)14(18-16(19)21)11-5-7-12(17)8-6-11/h5-8,14H,4,9H2,1-3H3,(H,18,21). The van der Waals surface area contributed by atoms with E-state index >= 15 is 0 Å². The van der Waals surface area contributed by atoms with Crippen LogP contribution in [0.25, 0.3) is 0 Å². The summed E-state index contributed by atoms with van der Waals surface area (Å²) in [4.78, 5) is 26.1. The maximum Gasteiger partial charge on any atom is 0.337 e. The number of esters is 1. The van der Waals surface area contributed by atoms with Crippen LogP contribution in [0, 0.1) is 0 Å². The maximum absolute atomic E-state index is 12.3. The second-order valence-corrected chi connectivity index (χ2v) is 5.51. The molecule has 0 saturated heterocycles. The van der Waals surface area contributed by atoms with Gasteiger partial charge in [-0.15, -0.1) is 0 Å². The molecule has 1 heterocycles. The molecule has 2 rings (SSSR count). The summed E-state index contributed by atoms with van der Waals surface area (Å²) < 4.78 is 4.90. The number of rotatable bonds is 4. The highest BCUT2D eigenvalue weighted by Crippen LogP contribution is 2.31. The lowest BCUT2D eigenvalue weighted by Crippen LogP contribution is -2.48. The van der Waals surface area contributed by atoms with Crippen molar-refractivity contribution in [1.82, 2.24) is 10.2 Å². The summed E-state index contributed by atoms with van der Waals surface area (Å²) in [6.45, 7) is 4.29. The van der Waals surface area contributed by atoms with Crippen LogP contribution in [-0.4, -0.2) is 30.6 Å². The molecule has 1 unspecified atom stereocenters. The number of benzene rings is 1. The summed E-state index contributed by atoms with van der Waals surface area (Å²) >= 11 is 5.90. The Morgan fingerprint density at radius 1 is 1.36 bits per heavy atom. The van der Waals surface area contributed by atoms with E-state index in [1.807, 2.05) is 6.92 Å². The molecular formula is C16H19ClN2O3. The number of halogens is 1. The molecule has 1 aromatic rings. The largest absolute Gasteiger partial charge is 0.466 e. The molecule has 0 spiro atoms. The number of allylic oxidation sites excluding steroid dienone is 1. The quantitative estimate of drug-likeness (QED) is 0.866. The second-order valence-electron chi connectivity index (χ2n) is 5.08. The van der Waals surface area contributed by atoms with Crippen LogP contribution in [0.15, 0.2) is 35.5 Å². The third kappa shape index (κ3) is 3.09. The zero-order valence-corrected chi connectivity index (χ0v) is 13.6. The van der Waals surface area contributed by atoms with E-state index in [1.165, 1.54) is 7.11 Å². The lowest BCUT2D eigenvalue weighted by molar-refractivity contribution is -0.136. The first-order valence-corrected chi connectivity index (χ1v) is 7.50. The Bertz CT molecular complexity index is 610. The van der Waals surface area contributed by atoms with Crippen molar-refractivity contribution in [2.75, 3.05) is 13.7 Å². The highest BCUT2D eigenvalue weighted by molar-refractivity contribution is 6.30. The van der Waals surface area contributed by atoms with Crippen molar-refractivity contribution >= 4 is 23.6 Å². The van der Waals surface area contributed by atoms with Gasteiger partial charge in [-0.05, 0) is 31.0 Å². The van der Waals surface area contributed by atoms with Gasteiger partial charge in [-0.1, -0.05) is 30.7 Å². The average Bonchev–Trinajstić information content (AvgIpc) is 2.51. The summed E-state index contributed by atoms with van der Waals surface area (Å²) in [5, 5.41) is 3.46. The summed E-state index contributed by atoms with van der Waals surface area (Å²) in [6, 6.07) is 6.28. The molecule has 6 heteroatoms. The molecular weight excluding hydrogens is 304 g/mol. The van der Waals surface area contributed by atoms with Crippen LogP contribution in [-0.2, 0) is 9.53 Å². The molecule has 0 bridgehead atoms. The molecule has 1 aliphatic heterocycles. The Balaban J connectivity index is 2.50. The fourth-order valence-electron chi connectivity index (χ4n) is 2.55. The van der Waals surface area contributed by atoms with Gasteiger partial charge in [0.25, 0.3) is 0 Å². The van der Waals surface area contributed by atoms with Crippen molar-refractivity contribution in [2.24, 2.45) is 0 Å². The number of methoxy groups -OCH3 is 1. The van der Waals surface area contributed by atoms with Gasteiger partial charge in [0.2, 0.25) is 0 Å². The van der Waals surface area contributed by atoms with Gasteiger partial charge >= 0.3 is 12.0 Å². The Kier molecular flexibility index (Phi) is 5.08. The molecule has 1 atom stereocenters. The molecule has 1 aromatic carbocycles. The Hall–Kier alpha value is -2.01. The van der Waals surface area contributed by atoms with E-state index in [-0.39, 0.29) is 6.03 Å². The molecule has 0 aromatic heterocycles. The summed E-state index contributed by atoms with van der Waals surface area (Å²) in [5.41, 5.74) is 1.85. The van der Waals surface area contributed by atoms with E-state index in [0.29, 0.717) is 22.8 Å². The summed E-state index contributed by atoms with van der Waals surface area (Å²) in [5.74, 6) is -0.446. The second kappa shape index (κ2) is 6.83. The minimum Gasteiger partial charge on any atom is -0.466 e. The van der Waals surface area contributed by atoms with Crippen molar-refractivity contribution in [3.05, 3.63) is 46.1 Å². The predicted molar refractivity (Wildman–Crippen MR) is 84.4 cm³/mol. The van der Waals surface area contributed by atoms with Crippen molar-refractivity contribution in [2.45, 2.75) is 26.3 Å². The number of urea groups is 1. The zero-order valence-electron chi connectivity index (χ0n) is 12.9. The van der Waals surface area contributed by atoms with Crippen LogP contribution < -0.4 is 5.32 Å². The van der Waals surface area contributed by atoms with Crippen molar-refractivity contribution < 1.29 is 14.3 Å². The maximum atomic E-state index is 12.3. The van der Waals surface area contributed by atoms with Gasteiger partial charge in [-0.3, -0.25) is 4.90 Å². The Labute approximate surface area is 134 Å². The van der Waals surface area contributed by atoms with E-state index in [4.69, 9.17) is 16.3 Å². The first-order valence-electron chi connectivity index (χ1n) is 7.12. The van der Waals surface area contributed by atoms with Gasteiger partial charge in [0.15, 0.2) is 0 Å². The smallest absolute Gasteiger partial charge is 0.337 e. The minimum atomic E-state index is -0.537. The van der Waals surface area contributed by atoms with E-state index in [0.717, 1.165) is 12.0 Å². The van der Waals surface area contributed by atoms with Crippen LogP contribution in [0.5, 0.6) is 0 Å². The lowest BCUT2D eigenvalue weighted by Gasteiger charge is -2.35. The number of carbonyl (C=O) groups excluding carboxylic acids is 2. The van der Waals surface area contributed by atoms with Gasteiger partial charge in [-0.25, -0.2) is 9.59 Å². The SMILES string of the molecule is CCCN1C(=O)NC(c2ccc(Cl)cc2)C(C(=O)OC)=C1C. The number of nitrogens with zero attached hydrogens (tertiary/aromatic N) is 1. The van der Waals surface area contributed by atoms with Gasteiger partial charge in [0.1, 0.15) is 0 Å². The molecule has 1 aliphatic rings. The monoisotopic (exact) mass is 322 g/mol. The van der Waals surface area contributed by atoms with E-state index < -0.39 is 12.0 Å². The number of amides is 2. The van der Waals surface area contributed by atoms with Crippen LogP contribution in [0.3, 0.4) is 0 Å². The third-order valence-corrected chi connectivity index (χ3v) is 3.90. The average molecular weight is 323 g/mol. The molecule has 0 aliphatic carbocycles. The molecule has 0 saturated carbocycles. The van der Waals surface area contributed by atoms with Crippen LogP contribution in [0.4, 0.5) is 4.79 Å². The topological polar surface area (TPSA) is 58.6 Å². The Morgan fingerprint density at radius 3 is 2.55 bits per heavy atom. The van der Waals surface area contributed by atoms with Crippen molar-refractivity contribution in [3.63, 3.8) is 0 Å². The molecule has 118 valence electrons. The van der Waals surface area contributed by atoms with E-state index in [9.17, 15) is 9.59 Å². The van der Waals surface area contributed by atoms with Gasteiger partial charge < -0.3 is 10.1 Å². The highest BCUT2D eigenvalue weighted by Gasteiger charge is 2.35. The fourth-order valence-corrected chi connectivity index (χ4v) is 2.68. The van der Waals surface area contributed by atoms with Crippen LogP contribution >= 0.6 is 11.6 Å². The van der Waals surface area contributed by atoms with Gasteiger partial charge in [0, 0.05) is 17.3 Å². The van der Waals surface area contributed by atoms with Crippen LogP contribution in [0.2, 0.25) is 5.02 Å². The van der Waals surface area contributed by atoms with E-state index in [1.54, 1.807) is 36.1 Å². The molecule has 22 heavy (non-hydrogen) atoms. The van der Waals surface area contributed by atoms with Crippen LogP contribution in [0.1, 0.15) is 31.9 Å².